The van der Waals surface area contributed by atoms with Gasteiger partial charge in [0.1, 0.15) is 5.69 Å². The van der Waals surface area contributed by atoms with Gasteiger partial charge in [0.2, 0.25) is 10.0 Å². The van der Waals surface area contributed by atoms with E-state index in [1.165, 1.54) is 10.6 Å². The van der Waals surface area contributed by atoms with Crippen LogP contribution < -0.4 is 0 Å². The average Bonchev–Trinajstić information content (AvgIpc) is 2.61. The van der Waals surface area contributed by atoms with Crippen LogP contribution >= 0.6 is 0 Å². The normalized spacial score (nSPS) is 16.0. The molecule has 8 heteroatoms. The number of hydrogen-bond acceptors (Lipinski definition) is 5. The Morgan fingerprint density at radius 1 is 1.04 bits per heavy atom. The maximum atomic E-state index is 12.8. The zero-order valence-corrected chi connectivity index (χ0v) is 15.0. The highest BCUT2D eigenvalue weighted by Gasteiger charge is 2.27. The van der Waals surface area contributed by atoms with E-state index in [9.17, 15) is 13.2 Å². The van der Waals surface area contributed by atoms with Crippen molar-refractivity contribution in [2.45, 2.75) is 6.92 Å². The minimum atomic E-state index is -3.22. The molecule has 1 fully saturated rings. The van der Waals surface area contributed by atoms with Crippen LogP contribution in [0, 0.1) is 6.92 Å². The van der Waals surface area contributed by atoms with Gasteiger partial charge in [-0.25, -0.2) is 18.4 Å². The predicted octanol–water partition coefficient (Wildman–Crippen LogP) is 1.17. The molecule has 7 nitrogen and oxygen atoms in total. The van der Waals surface area contributed by atoms with Crippen molar-refractivity contribution in [1.82, 2.24) is 19.2 Å². The number of piperazine rings is 1. The Kier molecular flexibility index (Phi) is 4.82. The SMILES string of the molecule is Cc1cc(C(=O)N2CCN(S(C)(=O)=O)CC2)nc(-c2ccccc2)n1. The molecule has 0 N–H and O–H groups in total. The van der Waals surface area contributed by atoms with Gasteiger partial charge in [0.15, 0.2) is 5.82 Å². The molecule has 0 spiro atoms. The Labute approximate surface area is 147 Å². The second-order valence-electron chi connectivity index (χ2n) is 6.04. The Balaban J connectivity index is 1.80. The fourth-order valence-electron chi connectivity index (χ4n) is 2.78. The molecule has 132 valence electrons. The van der Waals surface area contributed by atoms with Gasteiger partial charge in [-0.3, -0.25) is 4.79 Å². The van der Waals surface area contributed by atoms with Crippen molar-refractivity contribution < 1.29 is 13.2 Å². The third-order valence-corrected chi connectivity index (χ3v) is 5.40. The van der Waals surface area contributed by atoms with Crippen LogP contribution in [0.1, 0.15) is 16.2 Å². The molecule has 0 aliphatic carbocycles. The van der Waals surface area contributed by atoms with E-state index in [1.807, 2.05) is 37.3 Å². The van der Waals surface area contributed by atoms with E-state index in [-0.39, 0.29) is 5.91 Å². The number of carbonyl (C=O) groups is 1. The predicted molar refractivity (Wildman–Crippen MR) is 94.5 cm³/mol. The van der Waals surface area contributed by atoms with Gasteiger partial charge in [0, 0.05) is 37.4 Å². The molecule has 1 aromatic heterocycles. The van der Waals surface area contributed by atoms with E-state index in [1.54, 1.807) is 11.0 Å². The molecule has 0 unspecified atom stereocenters. The lowest BCUT2D eigenvalue weighted by Gasteiger charge is -2.33. The van der Waals surface area contributed by atoms with E-state index < -0.39 is 10.0 Å². The largest absolute Gasteiger partial charge is 0.335 e. The van der Waals surface area contributed by atoms with Gasteiger partial charge in [-0.2, -0.15) is 4.31 Å². The summed E-state index contributed by atoms with van der Waals surface area (Å²) in [7, 11) is -3.22. The standard InChI is InChI=1S/C17H20N4O3S/c1-13-12-15(19-16(18-13)14-6-4-3-5-7-14)17(22)20-8-10-21(11-9-20)25(2,23)24/h3-7,12H,8-11H2,1-2H3. The number of aryl methyl sites for hydroxylation is 1. The van der Waals surface area contributed by atoms with E-state index in [4.69, 9.17) is 0 Å². The summed E-state index contributed by atoms with van der Waals surface area (Å²) in [6, 6.07) is 11.2. The summed E-state index contributed by atoms with van der Waals surface area (Å²) in [5, 5.41) is 0. The Hall–Kier alpha value is -2.32. The highest BCUT2D eigenvalue weighted by Crippen LogP contribution is 2.17. The molecule has 1 aliphatic rings. The van der Waals surface area contributed by atoms with Crippen LogP contribution in [0.2, 0.25) is 0 Å². The molecular weight excluding hydrogens is 340 g/mol. The minimum absolute atomic E-state index is 0.198. The van der Waals surface area contributed by atoms with Gasteiger partial charge >= 0.3 is 0 Å². The number of hydrogen-bond donors (Lipinski definition) is 0. The highest BCUT2D eigenvalue weighted by atomic mass is 32.2. The van der Waals surface area contributed by atoms with E-state index in [0.29, 0.717) is 43.4 Å². The topological polar surface area (TPSA) is 83.5 Å². The minimum Gasteiger partial charge on any atom is -0.335 e. The molecule has 1 saturated heterocycles. The molecular formula is C17H20N4O3S. The van der Waals surface area contributed by atoms with Crippen molar-refractivity contribution in [3.8, 4) is 11.4 Å². The molecule has 2 aromatic rings. The zero-order chi connectivity index (χ0) is 18.0. The van der Waals surface area contributed by atoms with Crippen LogP contribution in [0.5, 0.6) is 0 Å². The van der Waals surface area contributed by atoms with E-state index in [2.05, 4.69) is 9.97 Å². The molecule has 1 aliphatic heterocycles. The first-order valence-electron chi connectivity index (χ1n) is 8.00. The number of nitrogens with zero attached hydrogens (tertiary/aromatic N) is 4. The third-order valence-electron chi connectivity index (χ3n) is 4.10. The zero-order valence-electron chi connectivity index (χ0n) is 14.2. The van der Waals surface area contributed by atoms with Crippen LogP contribution in [0.15, 0.2) is 36.4 Å². The summed E-state index contributed by atoms with van der Waals surface area (Å²) in [5.74, 6) is 0.314. The molecule has 0 bridgehead atoms. The molecule has 1 amide bonds. The molecule has 0 atom stereocenters. The summed E-state index contributed by atoms with van der Waals surface area (Å²) in [6.45, 7) is 3.15. The first-order valence-corrected chi connectivity index (χ1v) is 9.85. The first-order chi connectivity index (χ1) is 11.8. The lowest BCUT2D eigenvalue weighted by atomic mass is 10.2. The molecule has 25 heavy (non-hydrogen) atoms. The van der Waals surface area contributed by atoms with Gasteiger partial charge in [0.05, 0.1) is 6.26 Å². The van der Waals surface area contributed by atoms with Gasteiger partial charge in [0.25, 0.3) is 5.91 Å². The van der Waals surface area contributed by atoms with Crippen molar-refractivity contribution in [3.63, 3.8) is 0 Å². The lowest BCUT2D eigenvalue weighted by Crippen LogP contribution is -2.50. The van der Waals surface area contributed by atoms with Gasteiger partial charge in [-0.15, -0.1) is 0 Å². The number of sulfonamides is 1. The number of benzene rings is 1. The molecule has 3 rings (SSSR count). The van der Waals surface area contributed by atoms with Crippen molar-refractivity contribution in [2.75, 3.05) is 32.4 Å². The molecule has 2 heterocycles. The highest BCUT2D eigenvalue weighted by molar-refractivity contribution is 7.88. The summed E-state index contributed by atoms with van der Waals surface area (Å²) in [4.78, 5) is 23.2. The molecule has 0 saturated carbocycles. The van der Waals surface area contributed by atoms with Gasteiger partial charge < -0.3 is 4.90 Å². The smallest absolute Gasteiger partial charge is 0.272 e. The van der Waals surface area contributed by atoms with Crippen LogP contribution in [-0.2, 0) is 10.0 Å². The van der Waals surface area contributed by atoms with Crippen LogP contribution in [0.4, 0.5) is 0 Å². The molecule has 0 radical (unpaired) electrons. The van der Waals surface area contributed by atoms with Crippen molar-refractivity contribution in [3.05, 3.63) is 47.8 Å². The second kappa shape index (κ2) is 6.89. The van der Waals surface area contributed by atoms with E-state index >= 15 is 0 Å². The maximum absolute atomic E-state index is 12.8. The first kappa shape index (κ1) is 17.5. The van der Waals surface area contributed by atoms with Gasteiger partial charge in [-0.1, -0.05) is 30.3 Å². The van der Waals surface area contributed by atoms with Crippen LogP contribution in [0.25, 0.3) is 11.4 Å². The summed E-state index contributed by atoms with van der Waals surface area (Å²) in [6.07, 6.45) is 1.18. The fraction of sp³-hybridized carbons (Fsp3) is 0.353. The Morgan fingerprint density at radius 3 is 2.28 bits per heavy atom. The van der Waals surface area contributed by atoms with Crippen molar-refractivity contribution in [2.24, 2.45) is 0 Å². The van der Waals surface area contributed by atoms with Crippen molar-refractivity contribution >= 4 is 15.9 Å². The number of carbonyl (C=O) groups excluding carboxylic acids is 1. The monoisotopic (exact) mass is 360 g/mol. The average molecular weight is 360 g/mol. The number of aromatic nitrogens is 2. The summed E-state index contributed by atoms with van der Waals surface area (Å²) < 4.78 is 24.5. The number of rotatable bonds is 3. The number of amides is 1. The van der Waals surface area contributed by atoms with Crippen LogP contribution in [-0.4, -0.2) is 65.9 Å². The Bertz CT molecular complexity index is 876. The van der Waals surface area contributed by atoms with Crippen molar-refractivity contribution in [1.29, 1.82) is 0 Å². The third kappa shape index (κ3) is 4.02. The van der Waals surface area contributed by atoms with Gasteiger partial charge in [-0.05, 0) is 13.0 Å². The summed E-state index contributed by atoms with van der Waals surface area (Å²) in [5.41, 5.74) is 1.90. The summed E-state index contributed by atoms with van der Waals surface area (Å²) >= 11 is 0. The van der Waals surface area contributed by atoms with E-state index in [0.717, 1.165) is 5.56 Å². The lowest BCUT2D eigenvalue weighted by molar-refractivity contribution is 0.0692. The maximum Gasteiger partial charge on any atom is 0.272 e. The fourth-order valence-corrected chi connectivity index (χ4v) is 3.61. The Morgan fingerprint density at radius 2 is 1.68 bits per heavy atom. The quantitative estimate of drug-likeness (QED) is 0.820. The molecule has 1 aromatic carbocycles. The van der Waals surface area contributed by atoms with Crippen LogP contribution in [0.3, 0.4) is 0 Å². The second-order valence-corrected chi connectivity index (χ2v) is 8.02.